The number of carbonyl (C=O) groups is 2. The van der Waals surface area contributed by atoms with Crippen LogP contribution in [0.3, 0.4) is 0 Å². The zero-order valence-electron chi connectivity index (χ0n) is 12.2. The molecule has 0 bridgehead atoms. The summed E-state index contributed by atoms with van der Waals surface area (Å²) in [6.45, 7) is 2.26. The average molecular weight is 271 g/mol. The molecular weight excluding hydrogens is 250 g/mol. The van der Waals surface area contributed by atoms with Crippen LogP contribution in [0.25, 0.3) is 0 Å². The van der Waals surface area contributed by atoms with E-state index in [9.17, 15) is 9.59 Å². The van der Waals surface area contributed by atoms with Gasteiger partial charge in [0.05, 0.1) is 6.42 Å². The summed E-state index contributed by atoms with van der Waals surface area (Å²) in [6, 6.07) is 5.73. The van der Waals surface area contributed by atoms with Crippen LogP contribution < -0.4 is 4.90 Å². The maximum atomic E-state index is 12.6. The third-order valence-electron chi connectivity index (χ3n) is 4.83. The molecule has 1 aliphatic heterocycles. The normalized spacial score (nSPS) is 25.7. The smallest absolute Gasteiger partial charge is 0.231 e. The van der Waals surface area contributed by atoms with Crippen molar-refractivity contribution in [3.63, 3.8) is 0 Å². The molecule has 1 heterocycles. The fraction of sp³-hybridized carbons (Fsp3) is 0.529. The number of nitrogens with zero attached hydrogens (tertiary/aromatic N) is 1. The first-order valence-corrected chi connectivity index (χ1v) is 7.50. The molecule has 0 saturated heterocycles. The number of hydrogen-bond donors (Lipinski definition) is 0. The summed E-state index contributed by atoms with van der Waals surface area (Å²) in [4.78, 5) is 25.9. The van der Waals surface area contributed by atoms with Crippen molar-refractivity contribution in [2.45, 2.75) is 39.0 Å². The second-order valence-corrected chi connectivity index (χ2v) is 6.29. The standard InChI is InChI=1S/C17H21NO2/c1-11-3-5-12(6-4-11)17(20)13-7-8-15-14(9-13)10-16(19)18(15)2/h7-9,11-12H,3-6,10H2,1-2H3. The minimum atomic E-state index is 0.107. The highest BCUT2D eigenvalue weighted by Gasteiger charge is 2.28. The van der Waals surface area contributed by atoms with Gasteiger partial charge in [-0.25, -0.2) is 0 Å². The lowest BCUT2D eigenvalue weighted by Gasteiger charge is -2.25. The van der Waals surface area contributed by atoms with Gasteiger partial charge in [0.2, 0.25) is 5.91 Å². The van der Waals surface area contributed by atoms with E-state index in [-0.39, 0.29) is 17.6 Å². The summed E-state index contributed by atoms with van der Waals surface area (Å²) in [5, 5.41) is 0. The predicted octanol–water partition coefficient (Wildman–Crippen LogP) is 3.21. The third-order valence-corrected chi connectivity index (χ3v) is 4.83. The minimum absolute atomic E-state index is 0.107. The van der Waals surface area contributed by atoms with Crippen molar-refractivity contribution in [2.75, 3.05) is 11.9 Å². The quantitative estimate of drug-likeness (QED) is 0.774. The lowest BCUT2D eigenvalue weighted by molar-refractivity contribution is -0.117. The van der Waals surface area contributed by atoms with Crippen molar-refractivity contribution in [3.05, 3.63) is 29.3 Å². The van der Waals surface area contributed by atoms with Crippen molar-refractivity contribution in [3.8, 4) is 0 Å². The molecule has 0 N–H and O–H groups in total. The molecule has 1 aromatic carbocycles. The summed E-state index contributed by atoms with van der Waals surface area (Å²) in [5.41, 5.74) is 2.72. The van der Waals surface area contributed by atoms with E-state index >= 15 is 0 Å². The number of rotatable bonds is 2. The zero-order chi connectivity index (χ0) is 14.3. The molecule has 106 valence electrons. The molecule has 1 aromatic rings. The van der Waals surface area contributed by atoms with Crippen LogP contribution in [-0.2, 0) is 11.2 Å². The highest BCUT2D eigenvalue weighted by Crippen LogP contribution is 2.33. The van der Waals surface area contributed by atoms with Gasteiger partial charge in [-0.05, 0) is 42.5 Å². The van der Waals surface area contributed by atoms with E-state index in [0.717, 1.165) is 48.4 Å². The van der Waals surface area contributed by atoms with Gasteiger partial charge in [0.15, 0.2) is 5.78 Å². The molecule has 3 nitrogen and oxygen atoms in total. The van der Waals surface area contributed by atoms with E-state index in [1.807, 2.05) is 18.2 Å². The maximum Gasteiger partial charge on any atom is 0.231 e. The number of amides is 1. The minimum Gasteiger partial charge on any atom is -0.315 e. The van der Waals surface area contributed by atoms with Crippen LogP contribution in [0.5, 0.6) is 0 Å². The molecule has 20 heavy (non-hydrogen) atoms. The molecule has 2 aliphatic rings. The molecule has 3 rings (SSSR count). The predicted molar refractivity (Wildman–Crippen MR) is 79.0 cm³/mol. The Kier molecular flexibility index (Phi) is 3.36. The van der Waals surface area contributed by atoms with Gasteiger partial charge in [-0.3, -0.25) is 9.59 Å². The van der Waals surface area contributed by atoms with E-state index in [2.05, 4.69) is 6.92 Å². The van der Waals surface area contributed by atoms with Gasteiger partial charge in [-0.15, -0.1) is 0 Å². The molecule has 1 fully saturated rings. The van der Waals surface area contributed by atoms with Crippen LogP contribution in [0, 0.1) is 11.8 Å². The second kappa shape index (κ2) is 5.04. The van der Waals surface area contributed by atoms with E-state index in [0.29, 0.717) is 6.42 Å². The largest absolute Gasteiger partial charge is 0.315 e. The van der Waals surface area contributed by atoms with Crippen LogP contribution in [0.1, 0.15) is 48.5 Å². The Morgan fingerprint density at radius 2 is 1.90 bits per heavy atom. The monoisotopic (exact) mass is 271 g/mol. The molecule has 0 atom stereocenters. The Morgan fingerprint density at radius 1 is 1.20 bits per heavy atom. The number of anilines is 1. The SMILES string of the molecule is CC1CCC(C(=O)c2ccc3c(c2)CC(=O)N3C)CC1. The first kappa shape index (κ1) is 13.3. The topological polar surface area (TPSA) is 37.4 Å². The molecule has 0 spiro atoms. The third kappa shape index (κ3) is 2.26. The summed E-state index contributed by atoms with van der Waals surface area (Å²) in [5.74, 6) is 1.31. The molecule has 1 aliphatic carbocycles. The molecule has 3 heteroatoms. The van der Waals surface area contributed by atoms with E-state index in [1.165, 1.54) is 0 Å². The highest BCUT2D eigenvalue weighted by molar-refractivity contribution is 6.03. The summed E-state index contributed by atoms with van der Waals surface area (Å²) >= 11 is 0. The fourth-order valence-corrected chi connectivity index (χ4v) is 3.38. The Morgan fingerprint density at radius 3 is 2.60 bits per heavy atom. The Hall–Kier alpha value is -1.64. The van der Waals surface area contributed by atoms with Crippen molar-refractivity contribution in [1.29, 1.82) is 0 Å². The van der Waals surface area contributed by atoms with Gasteiger partial charge < -0.3 is 4.90 Å². The van der Waals surface area contributed by atoms with E-state index < -0.39 is 0 Å². The lowest BCUT2D eigenvalue weighted by Crippen LogP contribution is -2.21. The van der Waals surface area contributed by atoms with Crippen LogP contribution in [0.15, 0.2) is 18.2 Å². The van der Waals surface area contributed by atoms with Gasteiger partial charge in [0.25, 0.3) is 0 Å². The molecule has 0 radical (unpaired) electrons. The number of hydrogen-bond acceptors (Lipinski definition) is 2. The molecule has 0 aromatic heterocycles. The van der Waals surface area contributed by atoms with Crippen LogP contribution in [0.4, 0.5) is 5.69 Å². The molecule has 1 saturated carbocycles. The number of carbonyl (C=O) groups excluding carboxylic acids is 2. The fourth-order valence-electron chi connectivity index (χ4n) is 3.38. The number of ketones is 1. The van der Waals surface area contributed by atoms with E-state index in [1.54, 1.807) is 11.9 Å². The van der Waals surface area contributed by atoms with Gasteiger partial charge in [-0.2, -0.15) is 0 Å². The van der Waals surface area contributed by atoms with Gasteiger partial charge >= 0.3 is 0 Å². The number of likely N-dealkylation sites (N-methyl/N-ethyl adjacent to an activating group) is 1. The van der Waals surface area contributed by atoms with E-state index in [4.69, 9.17) is 0 Å². The molecule has 0 unspecified atom stereocenters. The number of Topliss-reactive ketones (excluding diaryl/α,β-unsaturated/α-hetero) is 1. The first-order valence-electron chi connectivity index (χ1n) is 7.50. The van der Waals surface area contributed by atoms with Crippen molar-refractivity contribution < 1.29 is 9.59 Å². The van der Waals surface area contributed by atoms with Crippen LogP contribution >= 0.6 is 0 Å². The maximum absolute atomic E-state index is 12.6. The number of fused-ring (bicyclic) bond motifs is 1. The van der Waals surface area contributed by atoms with Crippen molar-refractivity contribution in [2.24, 2.45) is 11.8 Å². The second-order valence-electron chi connectivity index (χ2n) is 6.29. The van der Waals surface area contributed by atoms with Gasteiger partial charge in [-0.1, -0.05) is 19.8 Å². The zero-order valence-corrected chi connectivity index (χ0v) is 12.2. The Labute approximate surface area is 120 Å². The van der Waals surface area contributed by atoms with Crippen LogP contribution in [-0.4, -0.2) is 18.7 Å². The van der Waals surface area contributed by atoms with Crippen molar-refractivity contribution >= 4 is 17.4 Å². The average Bonchev–Trinajstić information content (AvgIpc) is 2.74. The molecular formula is C17H21NO2. The summed E-state index contributed by atoms with van der Waals surface area (Å²) < 4.78 is 0. The Bertz CT molecular complexity index is 556. The lowest BCUT2D eigenvalue weighted by atomic mass is 9.79. The Balaban J connectivity index is 1.80. The summed E-state index contributed by atoms with van der Waals surface area (Å²) in [7, 11) is 1.79. The van der Waals surface area contributed by atoms with Gasteiger partial charge in [0.1, 0.15) is 0 Å². The molecule has 1 amide bonds. The van der Waals surface area contributed by atoms with Crippen LogP contribution in [0.2, 0.25) is 0 Å². The summed E-state index contributed by atoms with van der Waals surface area (Å²) in [6.07, 6.45) is 4.76. The highest BCUT2D eigenvalue weighted by atomic mass is 16.2. The van der Waals surface area contributed by atoms with Gasteiger partial charge in [0, 0.05) is 24.2 Å². The van der Waals surface area contributed by atoms with Crippen molar-refractivity contribution in [1.82, 2.24) is 0 Å². The number of benzene rings is 1. The first-order chi connectivity index (χ1) is 9.56.